The van der Waals surface area contributed by atoms with Gasteiger partial charge in [-0.3, -0.25) is 0 Å². The normalized spacial score (nSPS) is 12.2. The quantitative estimate of drug-likeness (QED) is 0.800. The Morgan fingerprint density at radius 3 is 1.33 bits per heavy atom. The molecule has 0 radical (unpaired) electrons. The third-order valence-corrected chi connectivity index (χ3v) is 2.11. The van der Waals surface area contributed by atoms with Crippen LogP contribution in [0.15, 0.2) is 48.5 Å². The number of ether oxygens (including phenoxy) is 2. The smallest absolute Gasteiger partial charge is 0.127 e. The van der Waals surface area contributed by atoms with Crippen molar-refractivity contribution >= 4 is 0 Å². The van der Waals surface area contributed by atoms with Crippen molar-refractivity contribution in [1.29, 1.82) is 0 Å². The predicted octanol–water partition coefficient (Wildman–Crippen LogP) is 2.91. The molecule has 94 valence electrons. The summed E-state index contributed by atoms with van der Waals surface area (Å²) < 4.78 is 9.97. The van der Waals surface area contributed by atoms with Crippen LogP contribution in [0.5, 0.6) is 23.0 Å². The van der Waals surface area contributed by atoms with Crippen LogP contribution in [0.4, 0.5) is 0 Å². The van der Waals surface area contributed by atoms with Crippen molar-refractivity contribution in [2.24, 2.45) is 0 Å². The van der Waals surface area contributed by atoms with E-state index >= 15 is 0 Å². The van der Waals surface area contributed by atoms with Gasteiger partial charge in [-0.1, -0.05) is 0 Å². The summed E-state index contributed by atoms with van der Waals surface area (Å²) in [7, 11) is 0. The predicted molar refractivity (Wildman–Crippen MR) is 67.1 cm³/mol. The Labute approximate surface area is 105 Å². The average Bonchev–Trinajstić information content (AvgIpc) is 3.23. The van der Waals surface area contributed by atoms with Gasteiger partial charge in [0.1, 0.15) is 23.0 Å². The van der Waals surface area contributed by atoms with Crippen molar-refractivity contribution in [3.8, 4) is 23.0 Å². The summed E-state index contributed by atoms with van der Waals surface area (Å²) in [5.41, 5.74) is 0. The highest BCUT2D eigenvalue weighted by molar-refractivity contribution is 5.36. The molecule has 18 heavy (non-hydrogen) atoms. The summed E-state index contributed by atoms with van der Waals surface area (Å²) >= 11 is 0. The lowest BCUT2D eigenvalue weighted by Crippen LogP contribution is -1.82. The van der Waals surface area contributed by atoms with Crippen molar-refractivity contribution in [2.45, 2.75) is 0 Å². The van der Waals surface area contributed by atoms with Gasteiger partial charge in [-0.2, -0.15) is 0 Å². The van der Waals surface area contributed by atoms with Crippen LogP contribution in [-0.4, -0.2) is 23.4 Å². The van der Waals surface area contributed by atoms with Crippen molar-refractivity contribution in [3.63, 3.8) is 0 Å². The lowest BCUT2D eigenvalue weighted by atomic mass is 10.3. The SMILES string of the molecule is C1CO1.Oc1ccc(Oc2ccc(O)cc2)cc1. The van der Waals surface area contributed by atoms with Crippen LogP contribution in [0.2, 0.25) is 0 Å². The summed E-state index contributed by atoms with van der Waals surface area (Å²) in [4.78, 5) is 0. The molecular weight excluding hydrogens is 232 g/mol. The highest BCUT2D eigenvalue weighted by Gasteiger charge is 1.97. The molecule has 0 amide bonds. The molecule has 1 saturated heterocycles. The first-order valence-corrected chi connectivity index (χ1v) is 5.58. The summed E-state index contributed by atoms with van der Waals surface area (Å²) in [5, 5.41) is 18.1. The van der Waals surface area contributed by atoms with Gasteiger partial charge in [0.15, 0.2) is 0 Å². The Kier molecular flexibility index (Phi) is 4.04. The van der Waals surface area contributed by atoms with Gasteiger partial charge in [-0.15, -0.1) is 0 Å². The lowest BCUT2D eigenvalue weighted by molar-refractivity contribution is 0.459. The minimum absolute atomic E-state index is 0.202. The van der Waals surface area contributed by atoms with E-state index in [1.54, 1.807) is 48.5 Å². The van der Waals surface area contributed by atoms with E-state index < -0.39 is 0 Å². The number of hydrogen-bond donors (Lipinski definition) is 2. The first-order chi connectivity index (χ1) is 8.74. The van der Waals surface area contributed by atoms with E-state index in [1.807, 2.05) is 0 Å². The van der Waals surface area contributed by atoms with Crippen LogP contribution in [-0.2, 0) is 4.74 Å². The van der Waals surface area contributed by atoms with Crippen molar-refractivity contribution in [1.82, 2.24) is 0 Å². The second-order valence-corrected chi connectivity index (χ2v) is 3.70. The molecule has 0 atom stereocenters. The van der Waals surface area contributed by atoms with Gasteiger partial charge in [-0.25, -0.2) is 0 Å². The van der Waals surface area contributed by atoms with Crippen LogP contribution >= 0.6 is 0 Å². The first kappa shape index (κ1) is 12.3. The largest absolute Gasteiger partial charge is 0.508 e. The van der Waals surface area contributed by atoms with Crippen LogP contribution in [0.25, 0.3) is 0 Å². The number of benzene rings is 2. The molecule has 2 aromatic rings. The minimum Gasteiger partial charge on any atom is -0.508 e. The molecule has 0 aromatic heterocycles. The fraction of sp³-hybridized carbons (Fsp3) is 0.143. The number of epoxide rings is 1. The van der Waals surface area contributed by atoms with E-state index in [1.165, 1.54) is 0 Å². The molecular formula is C14H14O4. The van der Waals surface area contributed by atoms with Crippen LogP contribution < -0.4 is 4.74 Å². The molecule has 2 aromatic carbocycles. The van der Waals surface area contributed by atoms with Gasteiger partial charge in [0.2, 0.25) is 0 Å². The standard InChI is InChI=1S/C12H10O3.C2H4O/c13-9-1-5-11(6-2-9)15-12-7-3-10(14)4-8-12;1-2-3-1/h1-8,13-14H;1-2H2. The molecule has 1 aliphatic heterocycles. The van der Waals surface area contributed by atoms with Gasteiger partial charge in [0.25, 0.3) is 0 Å². The van der Waals surface area contributed by atoms with E-state index in [-0.39, 0.29) is 11.5 Å². The molecule has 4 heteroatoms. The van der Waals surface area contributed by atoms with E-state index in [4.69, 9.17) is 14.9 Å². The summed E-state index contributed by atoms with van der Waals surface area (Å²) in [6.07, 6.45) is 0. The Morgan fingerprint density at radius 2 is 1.06 bits per heavy atom. The Morgan fingerprint density at radius 1 is 0.722 bits per heavy atom. The van der Waals surface area contributed by atoms with Crippen molar-refractivity contribution in [2.75, 3.05) is 13.2 Å². The number of hydrogen-bond acceptors (Lipinski definition) is 4. The third-order valence-electron chi connectivity index (χ3n) is 2.11. The summed E-state index contributed by atoms with van der Waals surface area (Å²) in [6, 6.07) is 12.9. The zero-order valence-electron chi connectivity index (χ0n) is 9.74. The van der Waals surface area contributed by atoms with E-state index in [9.17, 15) is 0 Å². The maximum atomic E-state index is 9.07. The molecule has 1 heterocycles. The topological polar surface area (TPSA) is 62.2 Å². The molecule has 0 unspecified atom stereocenters. The fourth-order valence-corrected chi connectivity index (χ4v) is 1.16. The number of phenols is 2. The number of phenolic OH excluding ortho intramolecular Hbond substituents is 2. The van der Waals surface area contributed by atoms with E-state index in [0.717, 1.165) is 13.2 Å². The summed E-state index contributed by atoms with van der Waals surface area (Å²) in [6.45, 7) is 2.00. The molecule has 0 saturated carbocycles. The highest BCUT2D eigenvalue weighted by atomic mass is 16.6. The van der Waals surface area contributed by atoms with Crippen molar-refractivity contribution in [3.05, 3.63) is 48.5 Å². The summed E-state index contributed by atoms with van der Waals surface area (Å²) in [5.74, 6) is 1.68. The van der Waals surface area contributed by atoms with Gasteiger partial charge in [-0.05, 0) is 48.5 Å². The van der Waals surface area contributed by atoms with Gasteiger partial charge < -0.3 is 19.7 Å². The molecule has 1 fully saturated rings. The zero-order chi connectivity index (χ0) is 12.8. The second kappa shape index (κ2) is 5.93. The molecule has 2 N–H and O–H groups in total. The van der Waals surface area contributed by atoms with E-state index in [0.29, 0.717) is 11.5 Å². The Hall–Kier alpha value is -2.20. The van der Waals surface area contributed by atoms with Crippen molar-refractivity contribution < 1.29 is 19.7 Å². The molecule has 4 nitrogen and oxygen atoms in total. The van der Waals surface area contributed by atoms with Gasteiger partial charge >= 0.3 is 0 Å². The molecule has 0 aliphatic carbocycles. The highest BCUT2D eigenvalue weighted by Crippen LogP contribution is 2.24. The van der Waals surface area contributed by atoms with Gasteiger partial charge in [0.05, 0.1) is 13.2 Å². The zero-order valence-corrected chi connectivity index (χ0v) is 9.74. The lowest BCUT2D eigenvalue weighted by Gasteiger charge is -2.05. The number of rotatable bonds is 2. The third kappa shape index (κ3) is 4.35. The average molecular weight is 246 g/mol. The Bertz CT molecular complexity index is 428. The fourth-order valence-electron chi connectivity index (χ4n) is 1.16. The molecule has 0 spiro atoms. The molecule has 3 rings (SSSR count). The van der Waals surface area contributed by atoms with Crippen LogP contribution in [0.3, 0.4) is 0 Å². The van der Waals surface area contributed by atoms with Crippen LogP contribution in [0, 0.1) is 0 Å². The monoisotopic (exact) mass is 246 g/mol. The van der Waals surface area contributed by atoms with Crippen LogP contribution in [0.1, 0.15) is 0 Å². The molecule has 0 bridgehead atoms. The van der Waals surface area contributed by atoms with E-state index in [2.05, 4.69) is 4.74 Å². The molecule has 1 aliphatic rings. The Balaban J connectivity index is 0.000000350. The minimum atomic E-state index is 0.202. The first-order valence-electron chi connectivity index (χ1n) is 5.58. The second-order valence-electron chi connectivity index (χ2n) is 3.70. The maximum absolute atomic E-state index is 9.07. The van der Waals surface area contributed by atoms with Gasteiger partial charge in [0, 0.05) is 0 Å². The number of aromatic hydroxyl groups is 2. The maximum Gasteiger partial charge on any atom is 0.127 e.